The first kappa shape index (κ1) is 49.6. The number of carboxylic acid groups (broad SMARTS) is 1. The maximum absolute atomic E-state index is 12.7. The molecule has 0 bridgehead atoms. The number of aliphatic carboxylic acids is 1. The van der Waals surface area contributed by atoms with Crippen molar-refractivity contribution >= 4 is 17.8 Å². The number of esters is 1. The van der Waals surface area contributed by atoms with Crippen molar-refractivity contribution < 1.29 is 24.2 Å². The Hall–Kier alpha value is -2.41. The maximum Gasteiger partial charge on any atom is 0.326 e. The van der Waals surface area contributed by atoms with Crippen LogP contribution >= 0.6 is 0 Å². The summed E-state index contributed by atoms with van der Waals surface area (Å²) in [5, 5.41) is 11.9. The third-order valence-corrected chi connectivity index (χ3v) is 9.70. The summed E-state index contributed by atoms with van der Waals surface area (Å²) in [6.07, 6.45) is 46.5. The standard InChI is InChI=1S/C45H82N2O5/c1-3-5-7-9-11-13-14-15-16-17-18-19-20-21-23-29-33-39-44(49)52-41(35-30-26-22-12-10-8-6-4-2)36-31-27-24-25-28-32-38-43(48)47-42(45(50)51)37-34-40-46/h6,8,12,22,30,35,41-42H,3-5,7,9-11,13-21,23-29,31-34,36-40,46H2,1-2H3,(H,47,48)(H,50,51)/b8-6-,22-12-,35-30-. The van der Waals surface area contributed by atoms with Crippen molar-refractivity contribution in [1.82, 2.24) is 5.32 Å². The Balaban J connectivity index is 4.21. The molecular formula is C45H82N2O5. The van der Waals surface area contributed by atoms with E-state index in [2.05, 4.69) is 55.6 Å². The van der Waals surface area contributed by atoms with Gasteiger partial charge in [0, 0.05) is 12.8 Å². The van der Waals surface area contributed by atoms with Gasteiger partial charge in [-0.2, -0.15) is 0 Å². The van der Waals surface area contributed by atoms with Crippen LogP contribution in [0, 0.1) is 0 Å². The van der Waals surface area contributed by atoms with Gasteiger partial charge < -0.3 is 20.9 Å². The van der Waals surface area contributed by atoms with Gasteiger partial charge in [-0.25, -0.2) is 4.79 Å². The van der Waals surface area contributed by atoms with Gasteiger partial charge in [0.25, 0.3) is 0 Å². The Kier molecular flexibility index (Phi) is 37.9. The summed E-state index contributed by atoms with van der Waals surface area (Å²) in [7, 11) is 0. The topological polar surface area (TPSA) is 119 Å². The number of carbonyl (C=O) groups is 3. The summed E-state index contributed by atoms with van der Waals surface area (Å²) in [4.78, 5) is 36.2. The van der Waals surface area contributed by atoms with Crippen molar-refractivity contribution in [3.05, 3.63) is 36.5 Å². The van der Waals surface area contributed by atoms with Crippen LogP contribution in [0.25, 0.3) is 0 Å². The number of ether oxygens (including phenoxy) is 1. The lowest BCUT2D eigenvalue weighted by Gasteiger charge is -2.15. The largest absolute Gasteiger partial charge is 0.480 e. The van der Waals surface area contributed by atoms with Gasteiger partial charge in [-0.05, 0) is 70.4 Å². The fourth-order valence-electron chi connectivity index (χ4n) is 6.44. The van der Waals surface area contributed by atoms with Crippen LogP contribution in [0.2, 0.25) is 0 Å². The third-order valence-electron chi connectivity index (χ3n) is 9.70. The number of amides is 1. The first-order chi connectivity index (χ1) is 25.4. The Morgan fingerprint density at radius 2 is 1.04 bits per heavy atom. The minimum absolute atomic E-state index is 0.0812. The lowest BCUT2D eigenvalue weighted by Crippen LogP contribution is -2.40. The molecule has 0 saturated carbocycles. The van der Waals surface area contributed by atoms with Crippen molar-refractivity contribution in [2.45, 2.75) is 225 Å². The number of hydrogen-bond donors (Lipinski definition) is 3. The van der Waals surface area contributed by atoms with Crippen LogP contribution in [0.15, 0.2) is 36.5 Å². The van der Waals surface area contributed by atoms with Gasteiger partial charge in [0.2, 0.25) is 5.91 Å². The molecule has 4 N–H and O–H groups in total. The monoisotopic (exact) mass is 731 g/mol. The van der Waals surface area contributed by atoms with Crippen LogP contribution in [0.4, 0.5) is 0 Å². The lowest BCUT2D eigenvalue weighted by molar-refractivity contribution is -0.147. The molecular weight excluding hydrogens is 649 g/mol. The molecule has 0 aromatic heterocycles. The summed E-state index contributed by atoms with van der Waals surface area (Å²) in [5.41, 5.74) is 5.47. The van der Waals surface area contributed by atoms with Gasteiger partial charge in [-0.1, -0.05) is 173 Å². The SMILES string of the molecule is CC/C=C\C/C=C\C/C=C\C(CCCCCCCCC(=O)NC(CCCN)C(=O)O)OC(=O)CCCCCCCCCCCCCCCCCCC. The van der Waals surface area contributed by atoms with Crippen LogP contribution < -0.4 is 11.1 Å². The molecule has 1 amide bonds. The molecule has 0 spiro atoms. The first-order valence-electron chi connectivity index (χ1n) is 21.8. The number of hydrogen-bond acceptors (Lipinski definition) is 5. The van der Waals surface area contributed by atoms with Gasteiger partial charge in [0.1, 0.15) is 12.1 Å². The van der Waals surface area contributed by atoms with Crippen LogP contribution in [-0.4, -0.2) is 41.6 Å². The summed E-state index contributed by atoms with van der Waals surface area (Å²) >= 11 is 0. The second-order valence-corrected chi connectivity index (χ2v) is 14.7. The molecule has 0 saturated heterocycles. The van der Waals surface area contributed by atoms with Crippen molar-refractivity contribution in [3.63, 3.8) is 0 Å². The summed E-state index contributed by atoms with van der Waals surface area (Å²) in [6.45, 7) is 4.83. The van der Waals surface area contributed by atoms with E-state index in [1.54, 1.807) is 0 Å². The molecule has 302 valence electrons. The molecule has 52 heavy (non-hydrogen) atoms. The minimum atomic E-state index is -1.01. The normalized spacial score (nSPS) is 13.0. The Labute approximate surface area is 320 Å². The van der Waals surface area contributed by atoms with E-state index in [0.717, 1.165) is 77.0 Å². The molecule has 0 radical (unpaired) electrons. The number of nitrogens with two attached hydrogens (primary N) is 1. The van der Waals surface area contributed by atoms with Crippen LogP contribution in [0.1, 0.15) is 213 Å². The van der Waals surface area contributed by atoms with E-state index in [4.69, 9.17) is 10.5 Å². The van der Waals surface area contributed by atoms with E-state index < -0.39 is 12.0 Å². The zero-order chi connectivity index (χ0) is 38.2. The molecule has 2 atom stereocenters. The predicted octanol–water partition coefficient (Wildman–Crippen LogP) is 12.2. The number of rotatable bonds is 39. The van der Waals surface area contributed by atoms with Gasteiger partial charge in [-0.3, -0.25) is 9.59 Å². The highest BCUT2D eigenvalue weighted by atomic mass is 16.5. The number of unbranched alkanes of at least 4 members (excludes halogenated alkanes) is 21. The number of carbonyl (C=O) groups excluding carboxylic acids is 2. The minimum Gasteiger partial charge on any atom is -0.480 e. The molecule has 7 heteroatoms. The highest BCUT2D eigenvalue weighted by Crippen LogP contribution is 2.16. The fourth-order valence-corrected chi connectivity index (χ4v) is 6.44. The highest BCUT2D eigenvalue weighted by molar-refractivity contribution is 5.83. The predicted molar refractivity (Wildman–Crippen MR) is 220 cm³/mol. The zero-order valence-electron chi connectivity index (χ0n) is 33.9. The molecule has 7 nitrogen and oxygen atoms in total. The highest BCUT2D eigenvalue weighted by Gasteiger charge is 2.18. The molecule has 2 unspecified atom stereocenters. The molecule has 0 aliphatic heterocycles. The number of carboxylic acids is 1. The number of nitrogens with one attached hydrogen (secondary N) is 1. The molecule has 0 rings (SSSR count). The van der Waals surface area contributed by atoms with Crippen LogP contribution in [-0.2, 0) is 19.1 Å². The molecule has 0 fully saturated rings. The van der Waals surface area contributed by atoms with Crippen molar-refractivity contribution in [1.29, 1.82) is 0 Å². The van der Waals surface area contributed by atoms with Crippen molar-refractivity contribution in [2.75, 3.05) is 6.54 Å². The van der Waals surface area contributed by atoms with Gasteiger partial charge in [-0.15, -0.1) is 0 Å². The van der Waals surface area contributed by atoms with E-state index >= 15 is 0 Å². The van der Waals surface area contributed by atoms with E-state index in [9.17, 15) is 19.5 Å². The Bertz CT molecular complexity index is 915. The van der Waals surface area contributed by atoms with E-state index in [0.29, 0.717) is 32.2 Å². The quantitative estimate of drug-likeness (QED) is 0.0329. The zero-order valence-corrected chi connectivity index (χ0v) is 33.9. The first-order valence-corrected chi connectivity index (χ1v) is 21.8. The summed E-state index contributed by atoms with van der Waals surface area (Å²) in [5.74, 6) is -1.29. The molecule has 0 aromatic rings. The fraction of sp³-hybridized carbons (Fsp3) is 0.800. The Morgan fingerprint density at radius 1 is 0.577 bits per heavy atom. The van der Waals surface area contributed by atoms with Crippen LogP contribution in [0.3, 0.4) is 0 Å². The smallest absolute Gasteiger partial charge is 0.326 e. The lowest BCUT2D eigenvalue weighted by atomic mass is 10.0. The molecule has 0 aromatic carbocycles. The summed E-state index contributed by atoms with van der Waals surface area (Å²) in [6, 6.07) is -0.857. The second-order valence-electron chi connectivity index (χ2n) is 14.7. The van der Waals surface area contributed by atoms with Gasteiger partial charge >= 0.3 is 11.9 Å². The van der Waals surface area contributed by atoms with Crippen molar-refractivity contribution in [2.24, 2.45) is 5.73 Å². The Morgan fingerprint density at radius 3 is 1.54 bits per heavy atom. The summed E-state index contributed by atoms with van der Waals surface area (Å²) < 4.78 is 5.93. The average Bonchev–Trinajstić information content (AvgIpc) is 3.13. The second kappa shape index (κ2) is 39.8. The van der Waals surface area contributed by atoms with E-state index in [1.807, 2.05) is 0 Å². The van der Waals surface area contributed by atoms with Crippen LogP contribution in [0.5, 0.6) is 0 Å². The molecule has 0 aliphatic carbocycles. The van der Waals surface area contributed by atoms with Gasteiger partial charge in [0.15, 0.2) is 0 Å². The van der Waals surface area contributed by atoms with E-state index in [-0.39, 0.29) is 18.0 Å². The molecule has 0 heterocycles. The molecule has 0 aliphatic rings. The third kappa shape index (κ3) is 36.0. The average molecular weight is 731 g/mol. The van der Waals surface area contributed by atoms with E-state index in [1.165, 1.54) is 96.3 Å². The van der Waals surface area contributed by atoms with Gasteiger partial charge in [0.05, 0.1) is 0 Å². The maximum atomic E-state index is 12.7. The number of allylic oxidation sites excluding steroid dienone is 5. The van der Waals surface area contributed by atoms with Crippen molar-refractivity contribution in [3.8, 4) is 0 Å².